The number of rotatable bonds is 4. The largest absolute Gasteiger partial charge is 0.412 e. The zero-order chi connectivity index (χ0) is 7.33. The molecule has 0 aromatic carbocycles. The second-order valence-electron chi connectivity index (χ2n) is 2.23. The van der Waals surface area contributed by atoms with E-state index in [9.17, 15) is 0 Å². The van der Waals surface area contributed by atoms with Crippen LogP contribution in [0.4, 0.5) is 0 Å². The van der Waals surface area contributed by atoms with Gasteiger partial charge in [0.05, 0.1) is 0 Å². The Morgan fingerprint density at radius 3 is 1.90 bits per heavy atom. The topological polar surface area (TPSA) is 92.2 Å². The van der Waals surface area contributed by atoms with E-state index in [4.69, 9.17) is 15.3 Å². The van der Waals surface area contributed by atoms with Crippen molar-refractivity contribution in [1.29, 1.82) is 0 Å². The second-order valence-corrected chi connectivity index (χ2v) is 2.23. The van der Waals surface area contributed by atoms with Gasteiger partial charge in [0, 0.05) is 6.42 Å². The van der Waals surface area contributed by atoms with E-state index in [1.54, 1.807) is 0 Å². The van der Waals surface area contributed by atoms with E-state index in [1.807, 2.05) is 6.92 Å². The van der Waals surface area contributed by atoms with Crippen LogP contribution in [0.5, 0.6) is 0 Å². The third-order valence-corrected chi connectivity index (χ3v) is 1.12. The average molecular weight is 152 g/mol. The fourth-order valence-corrected chi connectivity index (χ4v) is 0.612. The first-order valence-corrected chi connectivity index (χ1v) is 3.23. The highest BCUT2D eigenvalue weighted by Gasteiger charge is 2.15. The van der Waals surface area contributed by atoms with Gasteiger partial charge < -0.3 is 20.8 Å². The lowest BCUT2D eigenvalue weighted by molar-refractivity contribution is -0.314. The van der Waals surface area contributed by atoms with Crippen LogP contribution in [0.15, 0.2) is 0 Å². The minimum atomic E-state index is -2.45. The molecule has 0 heterocycles. The molecule has 0 aliphatic heterocycles. The lowest BCUT2D eigenvalue weighted by atomic mass is 10.2. The Labute approximate surface area is 60.4 Å². The van der Waals surface area contributed by atoms with Gasteiger partial charge in [-0.15, -0.1) is 0 Å². The first-order valence-electron chi connectivity index (χ1n) is 3.23. The molecule has 0 rings (SSSR count). The Hall–Kier alpha value is -0.160. The summed E-state index contributed by atoms with van der Waals surface area (Å²) >= 11 is 0. The van der Waals surface area contributed by atoms with E-state index in [2.05, 4.69) is 0 Å². The molecule has 64 valence electrons. The molecule has 0 spiro atoms. The third kappa shape index (κ3) is 10.8. The van der Waals surface area contributed by atoms with Crippen molar-refractivity contribution in [2.24, 2.45) is 0 Å². The monoisotopic (exact) mass is 152 g/mol. The highest BCUT2D eigenvalue weighted by Crippen LogP contribution is 2.07. The van der Waals surface area contributed by atoms with Crippen molar-refractivity contribution in [3.05, 3.63) is 0 Å². The van der Waals surface area contributed by atoms with Crippen molar-refractivity contribution < 1.29 is 20.8 Å². The number of hydrogen-bond donors (Lipinski definition) is 3. The van der Waals surface area contributed by atoms with Gasteiger partial charge in [0.2, 0.25) is 0 Å². The maximum Gasteiger partial charge on any atom is 0.275 e. The number of aliphatic hydroxyl groups is 3. The van der Waals surface area contributed by atoms with Gasteiger partial charge >= 0.3 is 0 Å². The molecule has 0 radical (unpaired) electrons. The van der Waals surface area contributed by atoms with Crippen LogP contribution in [0.1, 0.15) is 32.6 Å². The molecular weight excluding hydrogens is 136 g/mol. The van der Waals surface area contributed by atoms with Gasteiger partial charge in [0.15, 0.2) is 0 Å². The Kier molecular flexibility index (Phi) is 7.02. The first-order chi connectivity index (χ1) is 4.06. The normalized spacial score (nSPS) is 10.8. The molecule has 5 N–H and O–H groups in total. The predicted molar refractivity (Wildman–Crippen MR) is 37.1 cm³/mol. The van der Waals surface area contributed by atoms with Gasteiger partial charge in [0.25, 0.3) is 5.97 Å². The smallest absolute Gasteiger partial charge is 0.275 e. The van der Waals surface area contributed by atoms with Gasteiger partial charge in [-0.2, -0.15) is 0 Å². The summed E-state index contributed by atoms with van der Waals surface area (Å²) in [7, 11) is 0. The van der Waals surface area contributed by atoms with Gasteiger partial charge in [-0.3, -0.25) is 0 Å². The molecule has 0 aromatic heterocycles. The molecular formula is C6H16O4. The van der Waals surface area contributed by atoms with E-state index in [0.717, 1.165) is 12.8 Å². The Bertz CT molecular complexity index is 66.6. The van der Waals surface area contributed by atoms with Crippen LogP contribution in [-0.2, 0) is 0 Å². The van der Waals surface area contributed by atoms with Crippen LogP contribution in [0, 0.1) is 0 Å². The second kappa shape index (κ2) is 5.61. The molecule has 0 bridgehead atoms. The lowest BCUT2D eigenvalue weighted by Gasteiger charge is -2.12. The molecule has 0 saturated carbocycles. The molecule has 0 amide bonds. The standard InChI is InChI=1S/C6H14O3.H2O/c1-2-3-4-5-6(7,8)9;/h7-9H,2-5H2,1H3;1H2. The minimum Gasteiger partial charge on any atom is -0.412 e. The maximum atomic E-state index is 8.36. The summed E-state index contributed by atoms with van der Waals surface area (Å²) in [6.45, 7) is 2.01. The summed E-state index contributed by atoms with van der Waals surface area (Å²) in [4.78, 5) is 0. The summed E-state index contributed by atoms with van der Waals surface area (Å²) in [6, 6.07) is 0. The Balaban J connectivity index is 0. The van der Waals surface area contributed by atoms with Crippen LogP contribution in [0.3, 0.4) is 0 Å². The van der Waals surface area contributed by atoms with Gasteiger partial charge in [-0.05, 0) is 6.42 Å². The van der Waals surface area contributed by atoms with Crippen molar-refractivity contribution >= 4 is 0 Å². The minimum absolute atomic E-state index is 0. The van der Waals surface area contributed by atoms with E-state index in [1.165, 1.54) is 0 Å². The van der Waals surface area contributed by atoms with Crippen LogP contribution >= 0.6 is 0 Å². The summed E-state index contributed by atoms with van der Waals surface area (Å²) in [5.74, 6) is -2.45. The van der Waals surface area contributed by atoms with Crippen molar-refractivity contribution in [3.8, 4) is 0 Å². The molecule has 0 fully saturated rings. The van der Waals surface area contributed by atoms with E-state index >= 15 is 0 Å². The predicted octanol–water partition coefficient (Wildman–Crippen LogP) is -0.627. The quantitative estimate of drug-likeness (QED) is 0.370. The first kappa shape index (κ1) is 12.5. The zero-order valence-corrected chi connectivity index (χ0v) is 6.17. The molecule has 0 atom stereocenters. The van der Waals surface area contributed by atoms with E-state index in [0.29, 0.717) is 6.42 Å². The highest BCUT2D eigenvalue weighted by atomic mass is 16.7. The molecule has 4 heteroatoms. The summed E-state index contributed by atoms with van der Waals surface area (Å²) < 4.78 is 0. The summed E-state index contributed by atoms with van der Waals surface area (Å²) in [5, 5.41) is 25.1. The SMILES string of the molecule is CCCCCC(O)(O)O.O. The van der Waals surface area contributed by atoms with E-state index < -0.39 is 5.97 Å². The molecule has 10 heavy (non-hydrogen) atoms. The molecule has 4 nitrogen and oxygen atoms in total. The Morgan fingerprint density at radius 1 is 1.10 bits per heavy atom. The molecule has 0 saturated heterocycles. The number of unbranched alkanes of at least 4 members (excludes halogenated alkanes) is 2. The van der Waals surface area contributed by atoms with Crippen LogP contribution in [0.2, 0.25) is 0 Å². The summed E-state index contributed by atoms with van der Waals surface area (Å²) in [5.41, 5.74) is 0. The fourth-order valence-electron chi connectivity index (χ4n) is 0.612. The maximum absolute atomic E-state index is 8.36. The third-order valence-electron chi connectivity index (χ3n) is 1.12. The van der Waals surface area contributed by atoms with E-state index in [-0.39, 0.29) is 11.9 Å². The molecule has 0 aromatic rings. The Morgan fingerprint density at radius 2 is 1.60 bits per heavy atom. The van der Waals surface area contributed by atoms with Crippen LogP contribution < -0.4 is 0 Å². The zero-order valence-electron chi connectivity index (χ0n) is 6.17. The van der Waals surface area contributed by atoms with Crippen molar-refractivity contribution in [2.75, 3.05) is 0 Å². The van der Waals surface area contributed by atoms with Gasteiger partial charge in [-0.1, -0.05) is 19.8 Å². The van der Waals surface area contributed by atoms with Crippen molar-refractivity contribution in [3.63, 3.8) is 0 Å². The molecule has 0 aliphatic rings. The fraction of sp³-hybridized carbons (Fsp3) is 1.00. The average Bonchev–Trinajstić information content (AvgIpc) is 1.63. The van der Waals surface area contributed by atoms with Gasteiger partial charge in [-0.25, -0.2) is 0 Å². The van der Waals surface area contributed by atoms with Crippen LogP contribution in [0.25, 0.3) is 0 Å². The molecule has 0 aliphatic carbocycles. The van der Waals surface area contributed by atoms with Crippen molar-refractivity contribution in [2.45, 2.75) is 38.6 Å². The summed E-state index contributed by atoms with van der Waals surface area (Å²) in [6.07, 6.45) is 2.63. The number of hydrogen-bond acceptors (Lipinski definition) is 3. The van der Waals surface area contributed by atoms with Crippen LogP contribution in [-0.4, -0.2) is 26.8 Å². The van der Waals surface area contributed by atoms with Crippen molar-refractivity contribution in [1.82, 2.24) is 0 Å². The lowest BCUT2D eigenvalue weighted by Crippen LogP contribution is -2.26. The van der Waals surface area contributed by atoms with Gasteiger partial charge in [0.1, 0.15) is 0 Å². The highest BCUT2D eigenvalue weighted by molar-refractivity contribution is 4.47. The molecule has 0 unspecified atom stereocenters.